The van der Waals surface area contributed by atoms with E-state index < -0.39 is 22.5 Å². The topological polar surface area (TPSA) is 34.9 Å². The molecular formula is C13H11F3N2OS. The Kier molecular flexibility index (Phi) is 3.89. The van der Waals surface area contributed by atoms with Crippen molar-refractivity contribution in [1.29, 1.82) is 0 Å². The van der Waals surface area contributed by atoms with E-state index in [2.05, 4.69) is 5.10 Å². The summed E-state index contributed by atoms with van der Waals surface area (Å²) < 4.78 is 39.3. The van der Waals surface area contributed by atoms with E-state index in [-0.39, 0.29) is 0 Å². The first-order chi connectivity index (χ1) is 9.29. The van der Waals surface area contributed by atoms with Crippen LogP contribution in [-0.4, -0.2) is 14.9 Å². The lowest BCUT2D eigenvalue weighted by Crippen LogP contribution is -2.15. The number of hydrogen-bond donors (Lipinski definition) is 0. The van der Waals surface area contributed by atoms with Gasteiger partial charge in [0.25, 0.3) is 0 Å². The molecule has 0 atom stereocenters. The van der Waals surface area contributed by atoms with E-state index in [1.165, 1.54) is 0 Å². The predicted molar refractivity (Wildman–Crippen MR) is 69.6 cm³/mol. The number of aromatic nitrogens is 2. The number of thioether (sulfide) groups is 1. The predicted octanol–water partition coefficient (Wildman–Crippen LogP) is 3.68. The summed E-state index contributed by atoms with van der Waals surface area (Å²) in [5.41, 5.74) is -0.438. The summed E-state index contributed by atoms with van der Waals surface area (Å²) in [6.07, 6.45) is -3.66. The summed E-state index contributed by atoms with van der Waals surface area (Å²) in [4.78, 5) is 12.6. The number of alkyl halides is 3. The third kappa shape index (κ3) is 3.04. The molecule has 0 aliphatic carbocycles. The van der Waals surface area contributed by atoms with Crippen LogP contribution in [0.3, 0.4) is 0 Å². The molecule has 106 valence electrons. The van der Waals surface area contributed by atoms with Crippen molar-refractivity contribution in [1.82, 2.24) is 9.78 Å². The maximum atomic E-state index is 12.9. The van der Waals surface area contributed by atoms with Crippen LogP contribution in [0.4, 0.5) is 13.2 Å². The fourth-order valence-electron chi connectivity index (χ4n) is 1.69. The van der Waals surface area contributed by atoms with Gasteiger partial charge < -0.3 is 0 Å². The second kappa shape index (κ2) is 5.32. The highest BCUT2D eigenvalue weighted by atomic mass is 32.2. The molecule has 0 bridgehead atoms. The van der Waals surface area contributed by atoms with E-state index in [0.29, 0.717) is 9.58 Å². The van der Waals surface area contributed by atoms with Gasteiger partial charge in [0, 0.05) is 11.9 Å². The van der Waals surface area contributed by atoms with Crippen LogP contribution in [0.15, 0.2) is 35.4 Å². The highest BCUT2D eigenvalue weighted by molar-refractivity contribution is 8.14. The summed E-state index contributed by atoms with van der Waals surface area (Å²) >= 11 is 0.757. The summed E-state index contributed by atoms with van der Waals surface area (Å²) in [7, 11) is 1.16. The molecule has 0 N–H and O–H groups in total. The molecule has 0 fully saturated rings. The first-order valence-electron chi connectivity index (χ1n) is 5.67. The molecule has 0 unspecified atom stereocenters. The summed E-state index contributed by atoms with van der Waals surface area (Å²) in [5, 5.41) is 2.85. The molecule has 0 aliphatic heterocycles. The van der Waals surface area contributed by atoms with Gasteiger partial charge in [0.1, 0.15) is 0 Å². The maximum Gasteiger partial charge on any atom is 0.433 e. The molecule has 0 amide bonds. The second-order valence-electron chi connectivity index (χ2n) is 4.23. The molecule has 2 rings (SSSR count). The molecule has 0 saturated carbocycles. The van der Waals surface area contributed by atoms with Gasteiger partial charge in [0.15, 0.2) is 5.69 Å². The van der Waals surface area contributed by atoms with Crippen molar-refractivity contribution in [2.45, 2.75) is 18.0 Å². The van der Waals surface area contributed by atoms with Crippen molar-refractivity contribution in [2.24, 2.45) is 7.05 Å². The van der Waals surface area contributed by atoms with Gasteiger partial charge in [-0.1, -0.05) is 17.7 Å². The largest absolute Gasteiger partial charge is 0.433 e. The van der Waals surface area contributed by atoms with Crippen LogP contribution in [-0.2, 0) is 13.2 Å². The lowest BCUT2D eigenvalue weighted by atomic mass is 10.2. The molecule has 1 heterocycles. The van der Waals surface area contributed by atoms with E-state index >= 15 is 0 Å². The van der Waals surface area contributed by atoms with E-state index in [0.717, 1.165) is 30.6 Å². The fraction of sp³-hybridized carbons (Fsp3) is 0.231. The van der Waals surface area contributed by atoms with Crippen LogP contribution in [0.1, 0.15) is 21.6 Å². The van der Waals surface area contributed by atoms with Crippen molar-refractivity contribution in [3.8, 4) is 0 Å². The van der Waals surface area contributed by atoms with Crippen molar-refractivity contribution >= 4 is 16.9 Å². The molecular weight excluding hydrogens is 289 g/mol. The van der Waals surface area contributed by atoms with Crippen LogP contribution in [0.2, 0.25) is 0 Å². The minimum absolute atomic E-state index is 0.425. The highest BCUT2D eigenvalue weighted by Gasteiger charge is 2.39. The molecule has 0 radical (unpaired) electrons. The average molecular weight is 300 g/mol. The Bertz CT molecular complexity index is 632. The van der Waals surface area contributed by atoms with Gasteiger partial charge in [-0.25, -0.2) is 0 Å². The third-order valence-corrected chi connectivity index (χ3v) is 3.57. The molecule has 0 saturated heterocycles. The van der Waals surface area contributed by atoms with Crippen molar-refractivity contribution in [2.75, 3.05) is 0 Å². The number of rotatable bonds is 2. The average Bonchev–Trinajstić information content (AvgIpc) is 2.74. The van der Waals surface area contributed by atoms with Gasteiger partial charge in [-0.15, -0.1) is 0 Å². The van der Waals surface area contributed by atoms with Crippen molar-refractivity contribution in [3.05, 3.63) is 47.3 Å². The summed E-state index contributed by atoms with van der Waals surface area (Å²) in [5.74, 6) is 0. The van der Waals surface area contributed by atoms with Crippen LogP contribution in [0.5, 0.6) is 0 Å². The molecule has 0 aliphatic rings. The number of benzene rings is 1. The van der Waals surface area contributed by atoms with Crippen molar-refractivity contribution in [3.63, 3.8) is 0 Å². The Labute approximate surface area is 117 Å². The molecule has 1 aromatic heterocycles. The lowest BCUT2D eigenvalue weighted by molar-refractivity contribution is -0.143. The molecule has 0 spiro atoms. The van der Waals surface area contributed by atoms with Crippen molar-refractivity contribution < 1.29 is 18.0 Å². The van der Waals surface area contributed by atoms with Gasteiger partial charge in [-0.2, -0.15) is 18.3 Å². The van der Waals surface area contributed by atoms with Crippen LogP contribution in [0.25, 0.3) is 0 Å². The fourth-order valence-corrected chi connectivity index (χ4v) is 2.44. The minimum Gasteiger partial charge on any atom is -0.281 e. The summed E-state index contributed by atoms with van der Waals surface area (Å²) in [6.45, 7) is 1.89. The molecule has 7 heteroatoms. The Morgan fingerprint density at radius 2 is 1.85 bits per heavy atom. The van der Waals surface area contributed by atoms with E-state index in [1.54, 1.807) is 24.3 Å². The number of aryl methyl sites for hydroxylation is 2. The third-order valence-electron chi connectivity index (χ3n) is 2.66. The maximum absolute atomic E-state index is 12.9. The minimum atomic E-state index is -4.61. The quantitative estimate of drug-likeness (QED) is 0.794. The monoisotopic (exact) mass is 300 g/mol. The number of halogens is 3. The summed E-state index contributed by atoms with van der Waals surface area (Å²) in [6, 6.07) is 6.98. The Balaban J connectivity index is 2.28. The number of nitrogens with zero attached hydrogens (tertiary/aromatic N) is 2. The molecule has 2 aromatic rings. The van der Waals surface area contributed by atoms with Gasteiger partial charge >= 0.3 is 6.18 Å². The van der Waals surface area contributed by atoms with Crippen LogP contribution >= 0.6 is 11.8 Å². The van der Waals surface area contributed by atoms with Crippen LogP contribution < -0.4 is 0 Å². The first-order valence-corrected chi connectivity index (χ1v) is 6.48. The lowest BCUT2D eigenvalue weighted by Gasteiger charge is -2.09. The molecule has 3 nitrogen and oxygen atoms in total. The van der Waals surface area contributed by atoms with Gasteiger partial charge in [0.05, 0.1) is 11.8 Å². The normalized spacial score (nSPS) is 11.7. The zero-order valence-corrected chi connectivity index (χ0v) is 11.5. The SMILES string of the molecule is Cc1ccc(SC(=O)c2cnn(C)c2C(F)(F)F)cc1. The first kappa shape index (κ1) is 14.6. The zero-order chi connectivity index (χ0) is 14.9. The second-order valence-corrected chi connectivity index (χ2v) is 5.28. The number of carbonyl (C=O) groups excluding carboxylic acids is 1. The number of carbonyl (C=O) groups is 1. The van der Waals surface area contributed by atoms with E-state index in [1.807, 2.05) is 6.92 Å². The standard InChI is InChI=1S/C13H11F3N2OS/c1-8-3-5-9(6-4-8)20-12(19)10-7-17-18(2)11(10)13(14,15)16/h3-7H,1-2H3. The molecule has 20 heavy (non-hydrogen) atoms. The molecule has 1 aromatic carbocycles. The highest BCUT2D eigenvalue weighted by Crippen LogP contribution is 2.34. The van der Waals surface area contributed by atoms with E-state index in [4.69, 9.17) is 0 Å². The Morgan fingerprint density at radius 1 is 1.25 bits per heavy atom. The Morgan fingerprint density at radius 3 is 2.40 bits per heavy atom. The Hall–Kier alpha value is -1.76. The number of hydrogen-bond acceptors (Lipinski definition) is 3. The van der Waals surface area contributed by atoms with Gasteiger partial charge in [-0.3, -0.25) is 9.48 Å². The smallest absolute Gasteiger partial charge is 0.281 e. The van der Waals surface area contributed by atoms with Gasteiger partial charge in [-0.05, 0) is 30.8 Å². The van der Waals surface area contributed by atoms with Gasteiger partial charge in [0.2, 0.25) is 5.12 Å². The zero-order valence-electron chi connectivity index (χ0n) is 10.7. The van der Waals surface area contributed by atoms with Crippen LogP contribution in [0, 0.1) is 6.92 Å². The van der Waals surface area contributed by atoms with E-state index in [9.17, 15) is 18.0 Å².